The van der Waals surface area contributed by atoms with Crippen LogP contribution in [0.3, 0.4) is 0 Å². The summed E-state index contributed by atoms with van der Waals surface area (Å²) >= 11 is 7.45. The van der Waals surface area contributed by atoms with Gasteiger partial charge in [0.25, 0.3) is 5.91 Å². The molecule has 0 atom stereocenters. The van der Waals surface area contributed by atoms with Crippen LogP contribution >= 0.6 is 22.9 Å². The molecule has 0 unspecified atom stereocenters. The van der Waals surface area contributed by atoms with E-state index >= 15 is 0 Å². The van der Waals surface area contributed by atoms with Gasteiger partial charge in [-0.3, -0.25) is 4.79 Å². The number of rotatable bonds is 7. The highest BCUT2D eigenvalue weighted by Gasteiger charge is 2.07. The molecular formula is C24H19ClN2O2S. The third-order valence-electron chi connectivity index (χ3n) is 4.45. The second-order valence-electron chi connectivity index (χ2n) is 6.62. The molecule has 0 aliphatic rings. The van der Waals surface area contributed by atoms with Crippen molar-refractivity contribution in [1.82, 2.24) is 10.3 Å². The zero-order valence-electron chi connectivity index (χ0n) is 16.0. The highest BCUT2D eigenvalue weighted by atomic mass is 35.5. The number of benzene rings is 3. The van der Waals surface area contributed by atoms with Gasteiger partial charge >= 0.3 is 0 Å². The average molecular weight is 435 g/mol. The molecule has 0 spiro atoms. The van der Waals surface area contributed by atoms with Crippen LogP contribution in [0.2, 0.25) is 5.02 Å². The second-order valence-corrected chi connectivity index (χ2v) is 7.91. The summed E-state index contributed by atoms with van der Waals surface area (Å²) in [5, 5.41) is 6.53. The van der Waals surface area contributed by atoms with Crippen LogP contribution in [0.15, 0.2) is 84.2 Å². The van der Waals surface area contributed by atoms with E-state index in [9.17, 15) is 4.79 Å². The summed E-state index contributed by atoms with van der Waals surface area (Å²) < 4.78 is 5.45. The fourth-order valence-corrected chi connectivity index (χ4v) is 3.81. The Morgan fingerprint density at radius 3 is 2.40 bits per heavy atom. The van der Waals surface area contributed by atoms with Gasteiger partial charge in [-0.1, -0.05) is 66.2 Å². The molecule has 1 amide bonds. The molecule has 4 aromatic rings. The van der Waals surface area contributed by atoms with Gasteiger partial charge in [0.15, 0.2) is 6.61 Å². The number of thiazole rings is 1. The molecule has 0 radical (unpaired) electrons. The molecule has 1 aromatic heterocycles. The van der Waals surface area contributed by atoms with Crippen molar-refractivity contribution >= 4 is 28.8 Å². The molecule has 6 heteroatoms. The van der Waals surface area contributed by atoms with E-state index in [1.807, 2.05) is 42.5 Å². The van der Waals surface area contributed by atoms with Crippen LogP contribution in [0.4, 0.5) is 0 Å². The van der Waals surface area contributed by atoms with E-state index in [1.165, 1.54) is 0 Å². The minimum absolute atomic E-state index is 0.0406. The summed E-state index contributed by atoms with van der Waals surface area (Å²) in [5.74, 6) is 0.429. The molecule has 1 N–H and O–H groups in total. The van der Waals surface area contributed by atoms with Gasteiger partial charge < -0.3 is 10.1 Å². The minimum atomic E-state index is -0.179. The van der Waals surface area contributed by atoms with Crippen LogP contribution in [0, 0.1) is 0 Å². The lowest BCUT2D eigenvalue weighted by Crippen LogP contribution is -2.28. The van der Waals surface area contributed by atoms with Crippen molar-refractivity contribution in [3.63, 3.8) is 0 Å². The van der Waals surface area contributed by atoms with Gasteiger partial charge in [-0.05, 0) is 29.8 Å². The molecule has 1 heterocycles. The number of nitrogens with one attached hydrogen (secondary N) is 1. The summed E-state index contributed by atoms with van der Waals surface area (Å²) in [6, 6.07) is 25.1. The van der Waals surface area contributed by atoms with E-state index in [0.29, 0.717) is 17.3 Å². The topological polar surface area (TPSA) is 51.2 Å². The van der Waals surface area contributed by atoms with Crippen LogP contribution < -0.4 is 10.1 Å². The summed E-state index contributed by atoms with van der Waals surface area (Å²) in [4.78, 5) is 16.7. The minimum Gasteiger partial charge on any atom is -0.484 e. The lowest BCUT2D eigenvalue weighted by Gasteiger charge is -2.08. The number of carbonyl (C=O) groups excluding carboxylic acids is 1. The monoisotopic (exact) mass is 434 g/mol. The average Bonchev–Trinajstić information content (AvgIpc) is 3.29. The maximum Gasteiger partial charge on any atom is 0.258 e. The van der Waals surface area contributed by atoms with Gasteiger partial charge in [0, 0.05) is 28.1 Å². The standard InChI is InChI=1S/C24H19ClN2O2S/c25-20-10-12-21(13-11-20)29-15-23(28)26-14-17-6-8-19(9-7-17)24-27-22(16-30-24)18-4-2-1-3-5-18/h1-13,16H,14-15H2,(H,26,28). The van der Waals surface area contributed by atoms with Gasteiger partial charge in [0.1, 0.15) is 10.8 Å². The van der Waals surface area contributed by atoms with Gasteiger partial charge in [-0.15, -0.1) is 11.3 Å². The molecule has 3 aromatic carbocycles. The van der Waals surface area contributed by atoms with E-state index in [4.69, 9.17) is 21.3 Å². The molecule has 0 fully saturated rings. The van der Waals surface area contributed by atoms with Crippen molar-refractivity contribution in [3.8, 4) is 27.6 Å². The number of hydrogen-bond acceptors (Lipinski definition) is 4. The lowest BCUT2D eigenvalue weighted by molar-refractivity contribution is -0.123. The van der Waals surface area contributed by atoms with Crippen molar-refractivity contribution in [2.75, 3.05) is 6.61 Å². The quantitative estimate of drug-likeness (QED) is 0.398. The Balaban J connectivity index is 1.30. The first-order chi connectivity index (χ1) is 14.7. The van der Waals surface area contributed by atoms with Gasteiger partial charge in [0.05, 0.1) is 5.69 Å². The molecule has 4 rings (SSSR count). The van der Waals surface area contributed by atoms with Crippen molar-refractivity contribution in [1.29, 1.82) is 0 Å². The van der Waals surface area contributed by atoms with Crippen molar-refractivity contribution < 1.29 is 9.53 Å². The summed E-state index contributed by atoms with van der Waals surface area (Å²) in [5.41, 5.74) is 4.16. The Morgan fingerprint density at radius 2 is 1.67 bits per heavy atom. The number of carbonyl (C=O) groups is 1. The van der Waals surface area contributed by atoms with Crippen LogP contribution in [0.1, 0.15) is 5.56 Å². The predicted molar refractivity (Wildman–Crippen MR) is 122 cm³/mol. The van der Waals surface area contributed by atoms with E-state index in [0.717, 1.165) is 27.4 Å². The SMILES string of the molecule is O=C(COc1ccc(Cl)cc1)NCc1ccc(-c2nc(-c3ccccc3)cs2)cc1. The van der Waals surface area contributed by atoms with Gasteiger partial charge in [-0.25, -0.2) is 4.98 Å². The maximum atomic E-state index is 12.0. The summed E-state index contributed by atoms with van der Waals surface area (Å²) in [6.07, 6.45) is 0. The van der Waals surface area contributed by atoms with Gasteiger partial charge in [-0.2, -0.15) is 0 Å². The Bertz CT molecular complexity index is 1110. The Labute approximate surface area is 184 Å². The largest absolute Gasteiger partial charge is 0.484 e. The lowest BCUT2D eigenvalue weighted by atomic mass is 10.1. The third-order valence-corrected chi connectivity index (χ3v) is 5.59. The molecular weight excluding hydrogens is 416 g/mol. The number of hydrogen-bond donors (Lipinski definition) is 1. The molecule has 0 saturated heterocycles. The fraction of sp³-hybridized carbons (Fsp3) is 0.0833. The van der Waals surface area contributed by atoms with Crippen molar-refractivity contribution in [3.05, 3.63) is 94.8 Å². The molecule has 0 saturated carbocycles. The second kappa shape index (κ2) is 9.57. The number of aromatic nitrogens is 1. The van der Waals surface area contributed by atoms with Crippen molar-refractivity contribution in [2.45, 2.75) is 6.54 Å². The number of amides is 1. The normalized spacial score (nSPS) is 10.6. The Hall–Kier alpha value is -3.15. The number of ether oxygens (including phenoxy) is 1. The third kappa shape index (κ3) is 5.26. The molecule has 0 aliphatic heterocycles. The Kier molecular flexibility index (Phi) is 6.42. The zero-order chi connectivity index (χ0) is 20.8. The summed E-state index contributed by atoms with van der Waals surface area (Å²) in [7, 11) is 0. The van der Waals surface area contributed by atoms with E-state index < -0.39 is 0 Å². The molecule has 0 aliphatic carbocycles. The predicted octanol–water partition coefficient (Wildman–Crippen LogP) is 5.83. The zero-order valence-corrected chi connectivity index (χ0v) is 17.6. The van der Waals surface area contributed by atoms with Gasteiger partial charge in [0.2, 0.25) is 0 Å². The van der Waals surface area contributed by atoms with Crippen molar-refractivity contribution in [2.24, 2.45) is 0 Å². The first-order valence-electron chi connectivity index (χ1n) is 9.43. The first kappa shape index (κ1) is 20.1. The maximum absolute atomic E-state index is 12.0. The first-order valence-corrected chi connectivity index (χ1v) is 10.7. The summed E-state index contributed by atoms with van der Waals surface area (Å²) in [6.45, 7) is 0.400. The van der Waals surface area contributed by atoms with Crippen LogP contribution in [-0.2, 0) is 11.3 Å². The molecule has 150 valence electrons. The van der Waals surface area contributed by atoms with Crippen LogP contribution in [0.25, 0.3) is 21.8 Å². The Morgan fingerprint density at radius 1 is 0.933 bits per heavy atom. The van der Waals surface area contributed by atoms with E-state index in [1.54, 1.807) is 35.6 Å². The highest BCUT2D eigenvalue weighted by Crippen LogP contribution is 2.28. The smallest absolute Gasteiger partial charge is 0.258 e. The number of halogens is 1. The molecule has 30 heavy (non-hydrogen) atoms. The number of nitrogens with zero attached hydrogens (tertiary/aromatic N) is 1. The molecule has 4 nitrogen and oxygen atoms in total. The fourth-order valence-electron chi connectivity index (χ4n) is 2.84. The molecule has 0 bridgehead atoms. The van der Waals surface area contributed by atoms with E-state index in [2.05, 4.69) is 22.8 Å². The van der Waals surface area contributed by atoms with E-state index in [-0.39, 0.29) is 12.5 Å². The van der Waals surface area contributed by atoms with Crippen LogP contribution in [0.5, 0.6) is 5.75 Å². The van der Waals surface area contributed by atoms with Crippen LogP contribution in [-0.4, -0.2) is 17.5 Å². The highest BCUT2D eigenvalue weighted by molar-refractivity contribution is 7.13.